The molecule has 20 heavy (non-hydrogen) atoms. The van der Waals surface area contributed by atoms with Crippen LogP contribution in [0.1, 0.15) is 50.5 Å². The third-order valence-electron chi connectivity index (χ3n) is 3.48. The Hall–Kier alpha value is -1.42. The number of hydrogen-bond donors (Lipinski definition) is 1. The number of carbonyl (C=O) groups is 1. The molecule has 0 unspecified atom stereocenters. The van der Waals surface area contributed by atoms with Crippen LogP contribution in [0.4, 0.5) is 5.82 Å². The Morgan fingerprint density at radius 1 is 1.25 bits per heavy atom. The predicted molar refractivity (Wildman–Crippen MR) is 82.4 cm³/mol. The highest BCUT2D eigenvalue weighted by Crippen LogP contribution is 2.17. The molecule has 0 aromatic carbocycles. The van der Waals surface area contributed by atoms with Crippen molar-refractivity contribution in [2.45, 2.75) is 45.6 Å². The van der Waals surface area contributed by atoms with Crippen molar-refractivity contribution in [3.05, 3.63) is 23.9 Å². The van der Waals surface area contributed by atoms with Crippen LogP contribution in [0.15, 0.2) is 18.2 Å². The van der Waals surface area contributed by atoms with Gasteiger partial charge in [-0.2, -0.15) is 0 Å². The summed E-state index contributed by atoms with van der Waals surface area (Å²) in [5.74, 6) is 0.991. The molecule has 1 aliphatic heterocycles. The van der Waals surface area contributed by atoms with Gasteiger partial charge in [0.1, 0.15) is 11.5 Å². The van der Waals surface area contributed by atoms with Crippen LogP contribution in [0.3, 0.4) is 0 Å². The molecule has 1 aromatic rings. The molecule has 2 heterocycles. The molecule has 1 fully saturated rings. The molecule has 4 heteroatoms. The lowest BCUT2D eigenvalue weighted by Crippen LogP contribution is -2.39. The van der Waals surface area contributed by atoms with Gasteiger partial charge in [-0.1, -0.05) is 6.07 Å². The van der Waals surface area contributed by atoms with E-state index in [1.54, 1.807) is 6.07 Å². The van der Waals surface area contributed by atoms with Crippen molar-refractivity contribution in [3.63, 3.8) is 0 Å². The Labute approximate surface area is 121 Å². The van der Waals surface area contributed by atoms with Gasteiger partial charge in [-0.25, -0.2) is 4.98 Å². The van der Waals surface area contributed by atoms with Gasteiger partial charge in [-0.05, 0) is 52.2 Å². The van der Waals surface area contributed by atoms with Gasteiger partial charge in [-0.15, -0.1) is 0 Å². The first-order chi connectivity index (χ1) is 9.46. The number of hydrogen-bond acceptors (Lipinski definition) is 4. The lowest BCUT2D eigenvalue weighted by Gasteiger charge is -2.28. The van der Waals surface area contributed by atoms with Crippen molar-refractivity contribution >= 4 is 11.6 Å². The Morgan fingerprint density at radius 2 is 1.95 bits per heavy atom. The summed E-state index contributed by atoms with van der Waals surface area (Å²) in [6.45, 7) is 8.59. The van der Waals surface area contributed by atoms with Crippen LogP contribution in [-0.4, -0.2) is 35.9 Å². The summed E-state index contributed by atoms with van der Waals surface area (Å²) in [6.07, 6.45) is 3.72. The van der Waals surface area contributed by atoms with E-state index in [9.17, 15) is 4.79 Å². The van der Waals surface area contributed by atoms with Gasteiger partial charge in [0.05, 0.1) is 6.54 Å². The maximum Gasteiger partial charge on any atom is 0.194 e. The van der Waals surface area contributed by atoms with Crippen LogP contribution in [0, 0.1) is 0 Å². The van der Waals surface area contributed by atoms with Crippen LogP contribution in [-0.2, 0) is 0 Å². The van der Waals surface area contributed by atoms with Crippen LogP contribution < -0.4 is 10.2 Å². The van der Waals surface area contributed by atoms with E-state index in [-0.39, 0.29) is 11.3 Å². The van der Waals surface area contributed by atoms with E-state index >= 15 is 0 Å². The third-order valence-corrected chi connectivity index (χ3v) is 3.48. The molecule has 0 aliphatic carbocycles. The fourth-order valence-corrected chi connectivity index (χ4v) is 2.31. The third kappa shape index (κ3) is 4.30. The van der Waals surface area contributed by atoms with Gasteiger partial charge in [0.15, 0.2) is 5.78 Å². The van der Waals surface area contributed by atoms with Crippen molar-refractivity contribution in [1.82, 2.24) is 10.3 Å². The molecule has 1 N–H and O–H groups in total. The highest BCUT2D eigenvalue weighted by Gasteiger charge is 2.16. The van der Waals surface area contributed by atoms with E-state index in [4.69, 9.17) is 0 Å². The van der Waals surface area contributed by atoms with Gasteiger partial charge in [-0.3, -0.25) is 4.79 Å². The number of pyridine rings is 1. The highest BCUT2D eigenvalue weighted by molar-refractivity contribution is 5.96. The fraction of sp³-hybridized carbons (Fsp3) is 0.625. The van der Waals surface area contributed by atoms with E-state index in [1.807, 2.05) is 12.1 Å². The average Bonchev–Trinajstić information content (AvgIpc) is 2.45. The maximum absolute atomic E-state index is 12.2. The van der Waals surface area contributed by atoms with Gasteiger partial charge < -0.3 is 10.2 Å². The number of aromatic nitrogens is 1. The topological polar surface area (TPSA) is 45.2 Å². The first-order valence-electron chi connectivity index (χ1n) is 7.46. The molecule has 0 atom stereocenters. The minimum atomic E-state index is -0.0554. The second kappa shape index (κ2) is 6.35. The van der Waals surface area contributed by atoms with Crippen molar-refractivity contribution in [1.29, 1.82) is 0 Å². The quantitative estimate of drug-likeness (QED) is 0.858. The number of anilines is 1. The summed E-state index contributed by atoms with van der Waals surface area (Å²) in [5, 5.41) is 3.22. The molecule has 0 radical (unpaired) electrons. The zero-order valence-corrected chi connectivity index (χ0v) is 12.8. The zero-order chi connectivity index (χ0) is 14.6. The smallest absolute Gasteiger partial charge is 0.194 e. The number of Topliss-reactive ketones (excluding diaryl/α,β-unsaturated/α-hetero) is 1. The molecular formula is C16H25N3O. The lowest BCUT2D eigenvalue weighted by molar-refractivity contribution is 0.0977. The molecule has 110 valence electrons. The molecular weight excluding hydrogens is 250 g/mol. The van der Waals surface area contributed by atoms with Gasteiger partial charge in [0.25, 0.3) is 0 Å². The monoisotopic (exact) mass is 275 g/mol. The van der Waals surface area contributed by atoms with Gasteiger partial charge in [0, 0.05) is 18.6 Å². The first-order valence-corrected chi connectivity index (χ1v) is 7.46. The predicted octanol–water partition coefficient (Wildman–Crippen LogP) is 2.64. The molecule has 1 aliphatic rings. The summed E-state index contributed by atoms with van der Waals surface area (Å²) in [6, 6.07) is 5.74. The molecule has 0 bridgehead atoms. The SMILES string of the molecule is CC(C)(C)NCC(=O)c1cccc(N2CCCCC2)n1. The van der Waals surface area contributed by atoms with Crippen LogP contribution in [0.5, 0.6) is 0 Å². The van der Waals surface area contributed by atoms with E-state index < -0.39 is 0 Å². The van der Waals surface area contributed by atoms with E-state index in [2.05, 4.69) is 36.0 Å². The Balaban J connectivity index is 2.03. The number of piperidine rings is 1. The van der Waals surface area contributed by atoms with Crippen LogP contribution >= 0.6 is 0 Å². The maximum atomic E-state index is 12.2. The Bertz CT molecular complexity index is 459. The number of nitrogens with zero attached hydrogens (tertiary/aromatic N) is 2. The number of ketones is 1. The molecule has 4 nitrogen and oxygen atoms in total. The van der Waals surface area contributed by atoms with Gasteiger partial charge in [0.2, 0.25) is 0 Å². The summed E-state index contributed by atoms with van der Waals surface area (Å²) < 4.78 is 0. The summed E-state index contributed by atoms with van der Waals surface area (Å²) >= 11 is 0. The van der Waals surface area contributed by atoms with Crippen molar-refractivity contribution in [2.24, 2.45) is 0 Å². The standard InChI is InChI=1S/C16H25N3O/c1-16(2,3)17-12-14(20)13-8-7-9-15(18-13)19-10-5-4-6-11-19/h7-9,17H,4-6,10-12H2,1-3H3. The molecule has 0 spiro atoms. The van der Waals surface area contributed by atoms with E-state index in [0.717, 1.165) is 18.9 Å². The molecule has 0 saturated carbocycles. The van der Waals surface area contributed by atoms with E-state index in [0.29, 0.717) is 12.2 Å². The van der Waals surface area contributed by atoms with Gasteiger partial charge >= 0.3 is 0 Å². The number of nitrogens with one attached hydrogen (secondary N) is 1. The summed E-state index contributed by atoms with van der Waals surface area (Å²) in [5.41, 5.74) is 0.505. The Morgan fingerprint density at radius 3 is 2.60 bits per heavy atom. The first kappa shape index (κ1) is 15.0. The average molecular weight is 275 g/mol. The van der Waals surface area contributed by atoms with Crippen molar-refractivity contribution < 1.29 is 4.79 Å². The van der Waals surface area contributed by atoms with Crippen LogP contribution in [0.2, 0.25) is 0 Å². The zero-order valence-electron chi connectivity index (χ0n) is 12.8. The second-order valence-electron chi connectivity index (χ2n) is 6.46. The lowest BCUT2D eigenvalue weighted by atomic mass is 10.1. The van der Waals surface area contributed by atoms with Crippen molar-refractivity contribution in [3.8, 4) is 0 Å². The molecule has 2 rings (SSSR count). The minimum Gasteiger partial charge on any atom is -0.357 e. The largest absolute Gasteiger partial charge is 0.357 e. The summed E-state index contributed by atoms with van der Waals surface area (Å²) in [7, 11) is 0. The molecule has 0 amide bonds. The van der Waals surface area contributed by atoms with E-state index in [1.165, 1.54) is 19.3 Å². The molecule has 1 saturated heterocycles. The Kier molecular flexibility index (Phi) is 4.76. The normalized spacial score (nSPS) is 16.2. The van der Waals surface area contributed by atoms with Crippen molar-refractivity contribution in [2.75, 3.05) is 24.5 Å². The highest BCUT2D eigenvalue weighted by atomic mass is 16.1. The summed E-state index contributed by atoms with van der Waals surface area (Å²) in [4.78, 5) is 19.0. The second-order valence-corrected chi connectivity index (χ2v) is 6.46. The fourth-order valence-electron chi connectivity index (χ4n) is 2.31. The molecule has 1 aromatic heterocycles. The number of carbonyl (C=O) groups excluding carboxylic acids is 1. The minimum absolute atomic E-state index is 0.0544. The van der Waals surface area contributed by atoms with Crippen LogP contribution in [0.25, 0.3) is 0 Å². The number of rotatable bonds is 4.